The number of hydrogen-bond acceptors (Lipinski definition) is 2. The molecule has 3 rings (SSSR count). The highest BCUT2D eigenvalue weighted by atomic mass is 15.0. The average Bonchev–Trinajstić information content (AvgIpc) is 2.92. The van der Waals surface area contributed by atoms with Gasteiger partial charge >= 0.3 is 0 Å². The van der Waals surface area contributed by atoms with Crippen molar-refractivity contribution in [3.05, 3.63) is 54.1 Å². The third-order valence-electron chi connectivity index (χ3n) is 3.69. The second kappa shape index (κ2) is 5.36. The molecule has 0 fully saturated rings. The monoisotopic (exact) mass is 241 g/mol. The summed E-state index contributed by atoms with van der Waals surface area (Å²) in [7, 11) is 0. The molecule has 1 N–H and O–H groups in total. The van der Waals surface area contributed by atoms with Crippen LogP contribution in [-0.2, 0) is 13.0 Å². The van der Waals surface area contributed by atoms with Gasteiger partial charge in [0.2, 0.25) is 0 Å². The van der Waals surface area contributed by atoms with Crippen LogP contribution in [0.25, 0.3) is 0 Å². The Bertz CT molecular complexity index is 490. The van der Waals surface area contributed by atoms with E-state index in [0.717, 1.165) is 13.1 Å². The largest absolute Gasteiger partial charge is 0.336 e. The Balaban J connectivity index is 1.60. The smallest absolute Gasteiger partial charge is 0.0946 e. The maximum atomic E-state index is 4.06. The lowest BCUT2D eigenvalue weighted by molar-refractivity contribution is 0.445. The molecule has 3 heteroatoms. The van der Waals surface area contributed by atoms with Gasteiger partial charge in [-0.15, -0.1) is 0 Å². The summed E-state index contributed by atoms with van der Waals surface area (Å²) in [6, 6.07) is 9.35. The number of imidazole rings is 1. The Kier molecular flexibility index (Phi) is 3.42. The summed E-state index contributed by atoms with van der Waals surface area (Å²) < 4.78 is 2.11. The van der Waals surface area contributed by atoms with Crippen molar-refractivity contribution in [2.75, 3.05) is 6.54 Å². The number of aromatic nitrogens is 2. The summed E-state index contributed by atoms with van der Waals surface area (Å²) in [5.41, 5.74) is 3.01. The minimum atomic E-state index is 0.526. The van der Waals surface area contributed by atoms with Crippen LogP contribution in [0.2, 0.25) is 0 Å². The number of nitrogens with one attached hydrogen (secondary N) is 1. The Labute approximate surface area is 108 Å². The molecular formula is C15H19N3. The van der Waals surface area contributed by atoms with Crippen molar-refractivity contribution in [3.63, 3.8) is 0 Å². The predicted octanol–water partition coefficient (Wildman–Crippen LogP) is 2.55. The molecule has 0 amide bonds. The predicted molar refractivity (Wildman–Crippen MR) is 72.4 cm³/mol. The fraction of sp³-hybridized carbons (Fsp3) is 0.400. The molecule has 1 aliphatic carbocycles. The van der Waals surface area contributed by atoms with E-state index in [-0.39, 0.29) is 0 Å². The van der Waals surface area contributed by atoms with Crippen molar-refractivity contribution >= 4 is 0 Å². The standard InChI is InChI=1S/C15H19N3/c1-2-6-14-13(4-1)5-3-7-15(14)17-9-11-18-10-8-16-12-18/h1-2,4,6,8,10,12,15,17H,3,5,7,9,11H2. The number of fused-ring (bicyclic) bond motifs is 1. The van der Waals surface area contributed by atoms with E-state index in [2.05, 4.69) is 39.1 Å². The SMILES string of the molecule is c1ccc2c(c1)CCCC2NCCn1ccnc1. The van der Waals surface area contributed by atoms with Crippen LogP contribution in [-0.4, -0.2) is 16.1 Å². The third kappa shape index (κ3) is 2.46. The zero-order valence-corrected chi connectivity index (χ0v) is 10.5. The molecular weight excluding hydrogens is 222 g/mol. The van der Waals surface area contributed by atoms with E-state index in [9.17, 15) is 0 Å². The minimum Gasteiger partial charge on any atom is -0.336 e. The molecule has 1 aromatic heterocycles. The Morgan fingerprint density at radius 2 is 2.28 bits per heavy atom. The van der Waals surface area contributed by atoms with Crippen molar-refractivity contribution in [1.82, 2.24) is 14.9 Å². The molecule has 1 aliphatic rings. The van der Waals surface area contributed by atoms with Crippen LogP contribution >= 0.6 is 0 Å². The first-order valence-electron chi connectivity index (χ1n) is 6.70. The molecule has 94 valence electrons. The van der Waals surface area contributed by atoms with Crippen LogP contribution in [0.3, 0.4) is 0 Å². The summed E-state index contributed by atoms with van der Waals surface area (Å²) >= 11 is 0. The van der Waals surface area contributed by atoms with Gasteiger partial charge in [0.05, 0.1) is 6.33 Å². The number of hydrogen-bond donors (Lipinski definition) is 1. The normalized spacial score (nSPS) is 18.6. The van der Waals surface area contributed by atoms with Crippen LogP contribution < -0.4 is 5.32 Å². The lowest BCUT2D eigenvalue weighted by atomic mass is 9.88. The van der Waals surface area contributed by atoms with Gasteiger partial charge in [-0.05, 0) is 30.4 Å². The van der Waals surface area contributed by atoms with Crippen molar-refractivity contribution < 1.29 is 0 Å². The highest BCUT2D eigenvalue weighted by molar-refractivity contribution is 5.32. The van der Waals surface area contributed by atoms with Gasteiger partial charge in [-0.3, -0.25) is 0 Å². The summed E-state index contributed by atoms with van der Waals surface area (Å²) in [4.78, 5) is 4.06. The molecule has 2 aromatic rings. The topological polar surface area (TPSA) is 29.9 Å². The molecule has 18 heavy (non-hydrogen) atoms. The molecule has 0 spiro atoms. The molecule has 0 aliphatic heterocycles. The van der Waals surface area contributed by atoms with Gasteiger partial charge in [0.15, 0.2) is 0 Å². The van der Waals surface area contributed by atoms with Crippen molar-refractivity contribution in [2.45, 2.75) is 31.8 Å². The van der Waals surface area contributed by atoms with E-state index in [1.165, 1.54) is 30.4 Å². The van der Waals surface area contributed by atoms with Crippen molar-refractivity contribution in [2.24, 2.45) is 0 Å². The second-order valence-electron chi connectivity index (χ2n) is 4.90. The highest BCUT2D eigenvalue weighted by Gasteiger charge is 2.18. The van der Waals surface area contributed by atoms with Gasteiger partial charge in [0.1, 0.15) is 0 Å². The van der Waals surface area contributed by atoms with E-state index in [4.69, 9.17) is 0 Å². The van der Waals surface area contributed by atoms with Gasteiger partial charge in [-0.25, -0.2) is 4.98 Å². The van der Waals surface area contributed by atoms with Crippen LogP contribution in [0.15, 0.2) is 43.0 Å². The second-order valence-corrected chi connectivity index (χ2v) is 4.90. The number of rotatable bonds is 4. The molecule has 1 heterocycles. The van der Waals surface area contributed by atoms with Gasteiger partial charge in [0, 0.05) is 31.5 Å². The van der Waals surface area contributed by atoms with E-state index in [1.54, 1.807) is 0 Å². The van der Waals surface area contributed by atoms with Gasteiger partial charge < -0.3 is 9.88 Å². The summed E-state index contributed by atoms with van der Waals surface area (Å²) in [6.07, 6.45) is 9.49. The lowest BCUT2D eigenvalue weighted by Gasteiger charge is -2.26. The molecule has 3 nitrogen and oxygen atoms in total. The lowest BCUT2D eigenvalue weighted by Crippen LogP contribution is -2.28. The number of aryl methyl sites for hydroxylation is 1. The molecule has 1 aromatic carbocycles. The quantitative estimate of drug-likeness (QED) is 0.891. The Hall–Kier alpha value is -1.61. The molecule has 1 unspecified atom stereocenters. The van der Waals surface area contributed by atoms with E-state index >= 15 is 0 Å². The van der Waals surface area contributed by atoms with Gasteiger partial charge in [-0.2, -0.15) is 0 Å². The third-order valence-corrected chi connectivity index (χ3v) is 3.69. The van der Waals surface area contributed by atoms with E-state index < -0.39 is 0 Å². The first-order valence-corrected chi connectivity index (χ1v) is 6.70. The molecule has 0 saturated heterocycles. The zero-order valence-electron chi connectivity index (χ0n) is 10.5. The van der Waals surface area contributed by atoms with Gasteiger partial charge in [-0.1, -0.05) is 24.3 Å². The first-order chi connectivity index (χ1) is 8.93. The average molecular weight is 241 g/mol. The van der Waals surface area contributed by atoms with Crippen molar-refractivity contribution in [1.29, 1.82) is 0 Å². The molecule has 0 radical (unpaired) electrons. The summed E-state index contributed by atoms with van der Waals surface area (Å²) in [5.74, 6) is 0. The fourth-order valence-electron chi connectivity index (χ4n) is 2.75. The van der Waals surface area contributed by atoms with Gasteiger partial charge in [0.25, 0.3) is 0 Å². The van der Waals surface area contributed by atoms with E-state index in [0.29, 0.717) is 6.04 Å². The Morgan fingerprint density at radius 3 is 3.17 bits per heavy atom. The maximum absolute atomic E-state index is 4.06. The molecule has 0 saturated carbocycles. The van der Waals surface area contributed by atoms with Crippen LogP contribution in [0, 0.1) is 0 Å². The Morgan fingerprint density at radius 1 is 1.33 bits per heavy atom. The molecule has 1 atom stereocenters. The summed E-state index contributed by atoms with van der Waals surface area (Å²) in [5, 5.41) is 3.67. The molecule has 0 bridgehead atoms. The van der Waals surface area contributed by atoms with Crippen LogP contribution in [0.1, 0.15) is 30.0 Å². The highest BCUT2D eigenvalue weighted by Crippen LogP contribution is 2.29. The zero-order chi connectivity index (χ0) is 12.2. The first kappa shape index (κ1) is 11.5. The summed E-state index contributed by atoms with van der Waals surface area (Å²) in [6.45, 7) is 1.98. The number of benzene rings is 1. The van der Waals surface area contributed by atoms with Crippen molar-refractivity contribution in [3.8, 4) is 0 Å². The maximum Gasteiger partial charge on any atom is 0.0946 e. The minimum absolute atomic E-state index is 0.526. The number of nitrogens with zero attached hydrogens (tertiary/aromatic N) is 2. The fourth-order valence-corrected chi connectivity index (χ4v) is 2.75. The van der Waals surface area contributed by atoms with Crippen LogP contribution in [0.4, 0.5) is 0 Å². The van der Waals surface area contributed by atoms with Crippen LogP contribution in [0.5, 0.6) is 0 Å². The van der Waals surface area contributed by atoms with E-state index in [1.807, 2.05) is 18.7 Å².